The zero-order valence-electron chi connectivity index (χ0n) is 12.0. The lowest BCUT2D eigenvalue weighted by Crippen LogP contribution is -2.44. The quantitative estimate of drug-likeness (QED) is 0.819. The van der Waals surface area contributed by atoms with E-state index >= 15 is 0 Å². The van der Waals surface area contributed by atoms with Gasteiger partial charge in [-0.1, -0.05) is 49.6 Å². The molecule has 1 saturated carbocycles. The van der Waals surface area contributed by atoms with Gasteiger partial charge < -0.3 is 9.64 Å². The average Bonchev–Trinajstić information content (AvgIpc) is 2.53. The van der Waals surface area contributed by atoms with E-state index in [1.54, 1.807) is 0 Å². The second-order valence-corrected chi connectivity index (χ2v) is 6.08. The van der Waals surface area contributed by atoms with Crippen molar-refractivity contribution in [1.29, 1.82) is 0 Å². The summed E-state index contributed by atoms with van der Waals surface area (Å²) in [6, 6.07) is 9.88. The Morgan fingerprint density at radius 1 is 1.10 bits per heavy atom. The Kier molecular flexibility index (Phi) is 4.24. The largest absolute Gasteiger partial charge is 0.445 e. The fraction of sp³-hybridized carbons (Fsp3) is 0.588. The number of carbonyl (C=O) groups excluding carboxylic acids is 1. The molecule has 1 aromatic rings. The van der Waals surface area contributed by atoms with Gasteiger partial charge >= 0.3 is 6.09 Å². The number of amides is 1. The van der Waals surface area contributed by atoms with Gasteiger partial charge in [-0.15, -0.1) is 0 Å². The minimum absolute atomic E-state index is 0.141. The van der Waals surface area contributed by atoms with E-state index in [0.717, 1.165) is 31.0 Å². The Morgan fingerprint density at radius 3 is 2.65 bits per heavy atom. The van der Waals surface area contributed by atoms with Crippen LogP contribution in [0.3, 0.4) is 0 Å². The van der Waals surface area contributed by atoms with Gasteiger partial charge in [0.05, 0.1) is 0 Å². The fourth-order valence-electron chi connectivity index (χ4n) is 3.58. The maximum Gasteiger partial charge on any atom is 0.410 e. The topological polar surface area (TPSA) is 29.5 Å². The average molecular weight is 273 g/mol. The van der Waals surface area contributed by atoms with E-state index in [2.05, 4.69) is 0 Å². The maximum absolute atomic E-state index is 12.1. The molecule has 0 unspecified atom stereocenters. The van der Waals surface area contributed by atoms with Crippen molar-refractivity contribution in [1.82, 2.24) is 4.90 Å². The molecule has 2 aliphatic rings. The first kappa shape index (κ1) is 13.5. The molecular formula is C17H23NO2. The second kappa shape index (κ2) is 6.29. The molecule has 1 amide bonds. The number of nitrogens with zero attached hydrogens (tertiary/aromatic N) is 1. The van der Waals surface area contributed by atoms with Gasteiger partial charge in [0.1, 0.15) is 6.61 Å². The molecule has 3 heteroatoms. The smallest absolute Gasteiger partial charge is 0.410 e. The Hall–Kier alpha value is -1.51. The van der Waals surface area contributed by atoms with Gasteiger partial charge in [0, 0.05) is 13.1 Å². The summed E-state index contributed by atoms with van der Waals surface area (Å²) in [5.74, 6) is 1.56. The van der Waals surface area contributed by atoms with Crippen molar-refractivity contribution in [3.05, 3.63) is 35.9 Å². The summed E-state index contributed by atoms with van der Waals surface area (Å²) < 4.78 is 5.43. The summed E-state index contributed by atoms with van der Waals surface area (Å²) in [6.07, 6.45) is 6.36. The van der Waals surface area contributed by atoms with Crippen LogP contribution in [0.4, 0.5) is 4.79 Å². The monoisotopic (exact) mass is 273 g/mol. The van der Waals surface area contributed by atoms with Crippen molar-refractivity contribution in [3.63, 3.8) is 0 Å². The van der Waals surface area contributed by atoms with Gasteiger partial charge in [-0.2, -0.15) is 0 Å². The molecular weight excluding hydrogens is 250 g/mol. The van der Waals surface area contributed by atoms with Crippen LogP contribution >= 0.6 is 0 Å². The molecule has 108 valence electrons. The molecule has 0 N–H and O–H groups in total. The van der Waals surface area contributed by atoms with Crippen molar-refractivity contribution < 1.29 is 9.53 Å². The number of hydrogen-bond donors (Lipinski definition) is 0. The van der Waals surface area contributed by atoms with Crippen molar-refractivity contribution in [2.75, 3.05) is 13.1 Å². The number of rotatable bonds is 2. The van der Waals surface area contributed by atoms with Crippen molar-refractivity contribution in [2.24, 2.45) is 11.8 Å². The zero-order valence-corrected chi connectivity index (χ0v) is 12.0. The highest BCUT2D eigenvalue weighted by atomic mass is 16.6. The second-order valence-electron chi connectivity index (χ2n) is 6.08. The van der Waals surface area contributed by atoms with E-state index in [1.807, 2.05) is 35.2 Å². The number of likely N-dealkylation sites (tertiary alicyclic amines) is 1. The van der Waals surface area contributed by atoms with Crippen LogP contribution in [-0.2, 0) is 11.3 Å². The third kappa shape index (κ3) is 3.14. The molecule has 1 aromatic carbocycles. The minimum Gasteiger partial charge on any atom is -0.445 e. The summed E-state index contributed by atoms with van der Waals surface area (Å²) in [5.41, 5.74) is 1.05. The van der Waals surface area contributed by atoms with Gasteiger partial charge in [0.25, 0.3) is 0 Å². The van der Waals surface area contributed by atoms with E-state index in [0.29, 0.717) is 12.5 Å². The van der Waals surface area contributed by atoms with Gasteiger partial charge in [-0.3, -0.25) is 0 Å². The van der Waals surface area contributed by atoms with E-state index in [1.165, 1.54) is 25.7 Å². The first-order valence-electron chi connectivity index (χ1n) is 7.78. The Labute approximate surface area is 120 Å². The lowest BCUT2D eigenvalue weighted by molar-refractivity contribution is 0.0525. The molecule has 3 nitrogen and oxygen atoms in total. The highest BCUT2D eigenvalue weighted by Gasteiger charge is 2.33. The molecule has 1 aliphatic heterocycles. The zero-order chi connectivity index (χ0) is 13.8. The van der Waals surface area contributed by atoms with Gasteiger partial charge in [0.2, 0.25) is 0 Å². The fourth-order valence-corrected chi connectivity index (χ4v) is 3.58. The summed E-state index contributed by atoms with van der Waals surface area (Å²) >= 11 is 0. The molecule has 20 heavy (non-hydrogen) atoms. The van der Waals surface area contributed by atoms with Crippen LogP contribution in [0, 0.1) is 11.8 Å². The minimum atomic E-state index is -0.141. The summed E-state index contributed by atoms with van der Waals surface area (Å²) in [6.45, 7) is 2.15. The maximum atomic E-state index is 12.1. The standard InChI is InChI=1S/C17H23NO2/c19-17(20-13-14-6-2-1-3-7-14)18-11-10-15-8-4-5-9-16(15)12-18/h1-3,6-7,15-16H,4-5,8-13H2/t15-,16+/m1/s1. The molecule has 1 aliphatic carbocycles. The lowest BCUT2D eigenvalue weighted by atomic mass is 9.75. The predicted molar refractivity (Wildman–Crippen MR) is 78.3 cm³/mol. The van der Waals surface area contributed by atoms with E-state index in [4.69, 9.17) is 4.74 Å². The van der Waals surface area contributed by atoms with Gasteiger partial charge in [-0.05, 0) is 30.2 Å². The van der Waals surface area contributed by atoms with Crippen LogP contribution in [0.1, 0.15) is 37.7 Å². The number of hydrogen-bond acceptors (Lipinski definition) is 2. The van der Waals surface area contributed by atoms with Crippen molar-refractivity contribution >= 4 is 6.09 Å². The molecule has 0 spiro atoms. The Balaban J connectivity index is 1.50. The first-order chi connectivity index (χ1) is 9.83. The van der Waals surface area contributed by atoms with E-state index in [-0.39, 0.29) is 6.09 Å². The summed E-state index contributed by atoms with van der Waals surface area (Å²) in [4.78, 5) is 14.1. The van der Waals surface area contributed by atoms with Crippen LogP contribution < -0.4 is 0 Å². The number of ether oxygens (including phenoxy) is 1. The van der Waals surface area contributed by atoms with Gasteiger partial charge in [0.15, 0.2) is 0 Å². The van der Waals surface area contributed by atoms with Crippen LogP contribution in [0.5, 0.6) is 0 Å². The Morgan fingerprint density at radius 2 is 1.85 bits per heavy atom. The van der Waals surface area contributed by atoms with E-state index < -0.39 is 0 Å². The van der Waals surface area contributed by atoms with Gasteiger partial charge in [-0.25, -0.2) is 4.79 Å². The van der Waals surface area contributed by atoms with E-state index in [9.17, 15) is 4.79 Å². The third-order valence-corrected chi connectivity index (χ3v) is 4.75. The molecule has 2 fully saturated rings. The van der Waals surface area contributed by atoms with Crippen LogP contribution in [0.15, 0.2) is 30.3 Å². The normalized spacial score (nSPS) is 25.9. The molecule has 1 saturated heterocycles. The number of benzene rings is 1. The Bertz CT molecular complexity index is 446. The van der Waals surface area contributed by atoms with Crippen LogP contribution in [0.25, 0.3) is 0 Å². The molecule has 1 heterocycles. The third-order valence-electron chi connectivity index (χ3n) is 4.75. The number of carbonyl (C=O) groups is 1. The first-order valence-corrected chi connectivity index (χ1v) is 7.78. The van der Waals surface area contributed by atoms with Crippen molar-refractivity contribution in [3.8, 4) is 0 Å². The number of piperidine rings is 1. The molecule has 2 atom stereocenters. The predicted octanol–water partition coefficient (Wildman–Crippen LogP) is 3.84. The molecule has 0 aromatic heterocycles. The molecule has 0 bridgehead atoms. The lowest BCUT2D eigenvalue weighted by Gasteiger charge is -2.40. The summed E-state index contributed by atoms with van der Waals surface area (Å²) in [7, 11) is 0. The SMILES string of the molecule is O=C(OCc1ccccc1)N1CC[C@H]2CCCC[C@H]2C1. The highest BCUT2D eigenvalue weighted by molar-refractivity contribution is 5.67. The van der Waals surface area contributed by atoms with Crippen molar-refractivity contribution in [2.45, 2.75) is 38.7 Å². The highest BCUT2D eigenvalue weighted by Crippen LogP contribution is 2.36. The van der Waals surface area contributed by atoms with Crippen LogP contribution in [-0.4, -0.2) is 24.1 Å². The molecule has 0 radical (unpaired) electrons. The molecule has 3 rings (SSSR count). The summed E-state index contributed by atoms with van der Waals surface area (Å²) in [5, 5.41) is 0. The van der Waals surface area contributed by atoms with Crippen LogP contribution in [0.2, 0.25) is 0 Å². The number of fused-ring (bicyclic) bond motifs is 1.